The molecule has 5 heteroatoms. The average molecular weight is 429 g/mol. The summed E-state index contributed by atoms with van der Waals surface area (Å²) in [5, 5.41) is 12.1. The van der Waals surface area contributed by atoms with Crippen molar-refractivity contribution in [2.75, 3.05) is 20.2 Å². The third-order valence-corrected chi connectivity index (χ3v) is 9.40. The van der Waals surface area contributed by atoms with Gasteiger partial charge in [0.15, 0.2) is 17.6 Å². The first-order valence-corrected chi connectivity index (χ1v) is 12.1. The van der Waals surface area contributed by atoms with Crippen LogP contribution in [0, 0.1) is 5.92 Å². The quantitative estimate of drug-likeness (QED) is 0.656. The number of ether oxygens (including phenoxy) is 2. The van der Waals surface area contributed by atoms with Crippen LogP contribution in [0.25, 0.3) is 10.9 Å². The van der Waals surface area contributed by atoms with Crippen LogP contribution in [-0.2, 0) is 23.0 Å². The smallest absolute Gasteiger partial charge is 0.166 e. The highest BCUT2D eigenvalue weighted by Crippen LogP contribution is 2.69. The van der Waals surface area contributed by atoms with Crippen molar-refractivity contribution in [1.82, 2.24) is 9.88 Å². The zero-order valence-corrected chi connectivity index (χ0v) is 18.4. The monoisotopic (exact) mass is 428 g/mol. The Morgan fingerprint density at radius 2 is 2.09 bits per heavy atom. The Labute approximate surface area is 187 Å². The number of nitrogens with zero attached hydrogens (tertiary/aromatic N) is 1. The Morgan fingerprint density at radius 1 is 1.22 bits per heavy atom. The van der Waals surface area contributed by atoms with Gasteiger partial charge in [0.05, 0.1) is 11.1 Å². The van der Waals surface area contributed by atoms with E-state index < -0.39 is 0 Å². The lowest BCUT2D eigenvalue weighted by Crippen LogP contribution is -2.75. The van der Waals surface area contributed by atoms with Gasteiger partial charge < -0.3 is 19.6 Å². The summed E-state index contributed by atoms with van der Waals surface area (Å²) in [5.74, 6) is 1.79. The zero-order valence-electron chi connectivity index (χ0n) is 18.4. The third-order valence-electron chi connectivity index (χ3n) is 9.40. The van der Waals surface area contributed by atoms with E-state index in [0.717, 1.165) is 37.2 Å². The largest absolute Gasteiger partial charge is 0.504 e. The van der Waals surface area contributed by atoms with Gasteiger partial charge in [-0.15, -0.1) is 0 Å². The summed E-state index contributed by atoms with van der Waals surface area (Å²) in [7, 11) is 1.91. The minimum atomic E-state index is -0.366. The van der Waals surface area contributed by atoms with Crippen molar-refractivity contribution >= 4 is 10.9 Å². The first-order chi connectivity index (χ1) is 15.7. The fourth-order valence-electron chi connectivity index (χ4n) is 7.93. The number of hydrogen-bond donors (Lipinski definition) is 2. The molecule has 0 amide bonds. The predicted octanol–water partition coefficient (Wildman–Crippen LogP) is 4.23. The molecule has 2 N–H and O–H groups in total. The summed E-state index contributed by atoms with van der Waals surface area (Å²) in [5.41, 5.74) is 5.58. The van der Waals surface area contributed by atoms with E-state index in [-0.39, 0.29) is 22.9 Å². The number of methoxy groups -OCH3 is 1. The van der Waals surface area contributed by atoms with E-state index in [1.165, 1.54) is 47.2 Å². The second-order valence-electron chi connectivity index (χ2n) is 10.7. The standard InChI is InChI=1S/C27H28N2O3/c1-31-27-13-18-17-4-2-3-5-19(17)28-23(18)25-26(27)10-11-29(14-15-6-7-15)21(27)12-16-8-9-20(30)24(32-25)22(16)26/h2-5,8-9,15,21,25,28,30H,6-7,10-14H2,1H3/t21-,25-,26-,27+/m0/s1. The minimum absolute atomic E-state index is 0.161. The van der Waals surface area contributed by atoms with Gasteiger partial charge in [0, 0.05) is 42.6 Å². The number of aromatic hydroxyl groups is 1. The summed E-state index contributed by atoms with van der Waals surface area (Å²) in [6, 6.07) is 12.9. The SMILES string of the molecule is CO[C@@]12Cc3c([nH]c4ccccc34)[C@@H]3Oc4c(O)ccc5c4[C@@]31CCN(CC1CC1)[C@H]2C5. The number of phenolic OH excluding ortho intramolecular Hbond substituents is 1. The molecule has 32 heavy (non-hydrogen) atoms. The molecule has 1 spiro atoms. The number of H-pyrrole nitrogens is 1. The van der Waals surface area contributed by atoms with Gasteiger partial charge in [-0.3, -0.25) is 4.90 Å². The maximum absolute atomic E-state index is 10.8. The van der Waals surface area contributed by atoms with Crippen LogP contribution < -0.4 is 4.74 Å². The summed E-state index contributed by atoms with van der Waals surface area (Å²) in [4.78, 5) is 6.46. The molecule has 164 valence electrons. The number of phenols is 1. The van der Waals surface area contributed by atoms with Crippen LogP contribution in [0.4, 0.5) is 0 Å². The lowest BCUT2D eigenvalue weighted by atomic mass is 9.48. The van der Waals surface area contributed by atoms with Crippen LogP contribution in [0.5, 0.6) is 11.5 Å². The number of rotatable bonds is 3. The second kappa shape index (κ2) is 5.70. The van der Waals surface area contributed by atoms with Crippen LogP contribution in [-0.4, -0.2) is 46.8 Å². The van der Waals surface area contributed by atoms with Crippen molar-refractivity contribution in [1.29, 1.82) is 0 Å². The van der Waals surface area contributed by atoms with Gasteiger partial charge >= 0.3 is 0 Å². The molecule has 3 aliphatic carbocycles. The maximum Gasteiger partial charge on any atom is 0.166 e. The van der Waals surface area contributed by atoms with Crippen LogP contribution in [0.15, 0.2) is 36.4 Å². The molecule has 3 heterocycles. The van der Waals surface area contributed by atoms with Gasteiger partial charge in [-0.2, -0.15) is 0 Å². The zero-order chi connectivity index (χ0) is 21.2. The molecule has 5 nitrogen and oxygen atoms in total. The van der Waals surface area contributed by atoms with Gasteiger partial charge in [0.2, 0.25) is 0 Å². The van der Waals surface area contributed by atoms with Crippen molar-refractivity contribution in [3.63, 3.8) is 0 Å². The summed E-state index contributed by atoms with van der Waals surface area (Å²) < 4.78 is 13.5. The maximum atomic E-state index is 10.8. The van der Waals surface area contributed by atoms with E-state index in [1.54, 1.807) is 0 Å². The Hall–Kier alpha value is -2.50. The molecule has 3 aromatic rings. The van der Waals surface area contributed by atoms with E-state index in [0.29, 0.717) is 11.8 Å². The summed E-state index contributed by atoms with van der Waals surface area (Å²) in [6.45, 7) is 2.24. The fraction of sp³-hybridized carbons (Fsp3) is 0.481. The number of benzene rings is 2. The molecular formula is C27H28N2O3. The van der Waals surface area contributed by atoms with Crippen LogP contribution in [0.3, 0.4) is 0 Å². The number of aromatic amines is 1. The van der Waals surface area contributed by atoms with Crippen molar-refractivity contribution < 1.29 is 14.6 Å². The molecule has 0 unspecified atom stereocenters. The Kier molecular flexibility index (Phi) is 3.20. The normalized spacial score (nSPS) is 34.3. The van der Waals surface area contributed by atoms with E-state index in [2.05, 4.69) is 40.2 Å². The first-order valence-electron chi connectivity index (χ1n) is 12.1. The molecule has 2 aliphatic heterocycles. The van der Waals surface area contributed by atoms with E-state index in [4.69, 9.17) is 9.47 Å². The average Bonchev–Trinajstić information content (AvgIpc) is 3.45. The lowest BCUT2D eigenvalue weighted by Gasteiger charge is -2.64. The van der Waals surface area contributed by atoms with E-state index >= 15 is 0 Å². The molecule has 4 atom stereocenters. The summed E-state index contributed by atoms with van der Waals surface area (Å²) >= 11 is 0. The number of aromatic nitrogens is 1. The molecule has 5 aliphatic rings. The van der Waals surface area contributed by atoms with Crippen molar-refractivity contribution in [2.24, 2.45) is 5.92 Å². The molecule has 1 aromatic heterocycles. The van der Waals surface area contributed by atoms with Crippen molar-refractivity contribution in [2.45, 2.75) is 55.3 Å². The third kappa shape index (κ3) is 1.87. The second-order valence-corrected chi connectivity index (χ2v) is 10.7. The number of hydrogen-bond acceptors (Lipinski definition) is 4. The Bertz CT molecular complexity index is 1290. The van der Waals surface area contributed by atoms with E-state index in [1.807, 2.05) is 13.2 Å². The molecule has 0 radical (unpaired) electrons. The predicted molar refractivity (Wildman–Crippen MR) is 121 cm³/mol. The molecule has 2 aromatic carbocycles. The van der Waals surface area contributed by atoms with Gasteiger partial charge in [0.1, 0.15) is 5.60 Å². The van der Waals surface area contributed by atoms with Crippen molar-refractivity contribution in [3.05, 3.63) is 58.8 Å². The Balaban J connectivity index is 1.44. The Morgan fingerprint density at radius 3 is 2.94 bits per heavy atom. The molecule has 1 saturated carbocycles. The topological polar surface area (TPSA) is 57.7 Å². The molecule has 2 fully saturated rings. The number of para-hydroxylation sites is 1. The lowest BCUT2D eigenvalue weighted by molar-refractivity contribution is -0.190. The van der Waals surface area contributed by atoms with Crippen LogP contribution >= 0.6 is 0 Å². The van der Waals surface area contributed by atoms with Gasteiger partial charge in [-0.1, -0.05) is 24.3 Å². The molecule has 1 saturated heterocycles. The van der Waals surface area contributed by atoms with E-state index in [9.17, 15) is 5.11 Å². The fourth-order valence-corrected chi connectivity index (χ4v) is 7.93. The number of piperidine rings is 1. The molecular weight excluding hydrogens is 400 g/mol. The van der Waals surface area contributed by atoms with Crippen LogP contribution in [0.2, 0.25) is 0 Å². The molecule has 2 bridgehead atoms. The highest BCUT2D eigenvalue weighted by atomic mass is 16.5. The molecule has 8 rings (SSSR count). The van der Waals surface area contributed by atoms with Gasteiger partial charge in [-0.25, -0.2) is 0 Å². The van der Waals surface area contributed by atoms with Gasteiger partial charge in [-0.05, 0) is 61.4 Å². The number of fused-ring (bicyclic) bond motifs is 4. The highest BCUT2D eigenvalue weighted by Gasteiger charge is 2.73. The number of nitrogens with one attached hydrogen (secondary N) is 1. The van der Waals surface area contributed by atoms with Crippen LogP contribution in [0.1, 0.15) is 47.8 Å². The number of likely N-dealkylation sites (tertiary alicyclic amines) is 1. The first kappa shape index (κ1) is 18.0. The minimum Gasteiger partial charge on any atom is -0.504 e. The highest BCUT2D eigenvalue weighted by molar-refractivity contribution is 5.86. The van der Waals surface area contributed by atoms with Gasteiger partial charge in [0.25, 0.3) is 0 Å². The summed E-state index contributed by atoms with van der Waals surface area (Å²) in [6.07, 6.45) is 5.39. The van der Waals surface area contributed by atoms with Crippen molar-refractivity contribution in [3.8, 4) is 11.5 Å².